The fraction of sp³-hybridized carbons (Fsp3) is 0.435. The topological polar surface area (TPSA) is 44.1 Å². The molecule has 0 aliphatic rings. The van der Waals surface area contributed by atoms with Gasteiger partial charge in [0.05, 0.1) is 5.56 Å². The smallest absolute Gasteiger partial charge is 0.278 e. The quantitative estimate of drug-likeness (QED) is 0.406. The second kappa shape index (κ2) is 14.7. The van der Waals surface area contributed by atoms with Gasteiger partial charge in [-0.3, -0.25) is 4.79 Å². The van der Waals surface area contributed by atoms with Gasteiger partial charge < -0.3 is 12.2 Å². The van der Waals surface area contributed by atoms with Crippen LogP contribution >= 0.6 is 0 Å². The number of benzene rings is 1. The number of aryl methyl sites for hydroxylation is 2. The van der Waals surface area contributed by atoms with Crippen molar-refractivity contribution < 1.29 is 37.4 Å². The summed E-state index contributed by atoms with van der Waals surface area (Å²) >= 11 is 0. The molecule has 0 fully saturated rings. The zero-order valence-electron chi connectivity index (χ0n) is 18.6. The molecule has 0 amide bonds. The Bertz CT molecular complexity index is 783. The van der Waals surface area contributed by atoms with Gasteiger partial charge in [-0.2, -0.15) is 5.10 Å². The molecule has 1 aromatic carbocycles. The minimum absolute atomic E-state index is 0. The summed E-state index contributed by atoms with van der Waals surface area (Å²) < 4.78 is 7.44. The number of hydrogen-bond acceptors (Lipinski definition) is 3. The maximum Gasteiger partial charge on any atom is 0.278 e. The molecule has 28 heavy (non-hydrogen) atoms. The fourth-order valence-electron chi connectivity index (χ4n) is 2.73. The minimum Gasteiger partial charge on any atom is -0.487 e. The van der Waals surface area contributed by atoms with Crippen LogP contribution < -0.4 is 10.3 Å². The van der Waals surface area contributed by atoms with Crippen molar-refractivity contribution >= 4 is 0 Å². The first-order valence-electron chi connectivity index (χ1n) is 9.43. The van der Waals surface area contributed by atoms with Crippen LogP contribution in [-0.4, -0.2) is 16.4 Å². The van der Waals surface area contributed by atoms with Gasteiger partial charge in [-0.1, -0.05) is 64.6 Å². The summed E-state index contributed by atoms with van der Waals surface area (Å²) in [6.45, 7) is 16.8. The van der Waals surface area contributed by atoms with Gasteiger partial charge in [-0.05, 0) is 37.3 Å². The Hall–Kier alpha value is -1.26. The number of ether oxygens (including phenoxy) is 1. The molecule has 0 spiro atoms. The Morgan fingerprint density at radius 1 is 1.25 bits per heavy atom. The molecule has 2 rings (SSSR count). The molecule has 0 bridgehead atoms. The van der Waals surface area contributed by atoms with E-state index in [0.29, 0.717) is 30.4 Å². The summed E-state index contributed by atoms with van der Waals surface area (Å²) in [5.74, 6) is 1.00. The molecular weight excluding hydrogens is 425 g/mol. The zero-order chi connectivity index (χ0) is 19.7. The molecule has 0 aliphatic heterocycles. The summed E-state index contributed by atoms with van der Waals surface area (Å²) in [5, 5.41) is 4.54. The third kappa shape index (κ3) is 7.29. The Morgan fingerprint density at radius 2 is 1.86 bits per heavy atom. The molecular formula is C23H35N2O2Y-. The number of rotatable bonds is 7. The van der Waals surface area contributed by atoms with Gasteiger partial charge in [0.2, 0.25) is 0 Å². The van der Waals surface area contributed by atoms with E-state index in [1.54, 1.807) is 6.08 Å². The van der Waals surface area contributed by atoms with E-state index in [2.05, 4.69) is 25.5 Å². The van der Waals surface area contributed by atoms with Crippen LogP contribution in [0.4, 0.5) is 0 Å². The monoisotopic (exact) mass is 460 g/mol. The SMILES string of the molecule is C=CCOc1c(CC(C)C)nn(CC)c(=O)c1-c1ccccc1C.CC.[CH3-].[Y]. The van der Waals surface area contributed by atoms with Crippen LogP contribution in [0.15, 0.2) is 41.7 Å². The number of aromatic nitrogens is 2. The van der Waals surface area contributed by atoms with E-state index in [0.717, 1.165) is 23.2 Å². The minimum atomic E-state index is -0.113. The third-order valence-electron chi connectivity index (χ3n) is 3.84. The van der Waals surface area contributed by atoms with Crippen LogP contribution in [0.3, 0.4) is 0 Å². The van der Waals surface area contributed by atoms with Crippen LogP contribution in [0.25, 0.3) is 11.1 Å². The molecule has 2 aromatic rings. The molecule has 4 nitrogen and oxygen atoms in total. The van der Waals surface area contributed by atoms with Crippen LogP contribution in [0.2, 0.25) is 0 Å². The fourth-order valence-corrected chi connectivity index (χ4v) is 2.73. The summed E-state index contributed by atoms with van der Waals surface area (Å²) in [4.78, 5) is 13.0. The van der Waals surface area contributed by atoms with Crippen LogP contribution in [0, 0.1) is 20.3 Å². The maximum atomic E-state index is 13.0. The van der Waals surface area contributed by atoms with Gasteiger partial charge >= 0.3 is 0 Å². The van der Waals surface area contributed by atoms with Crippen molar-refractivity contribution in [1.29, 1.82) is 0 Å². The Morgan fingerprint density at radius 3 is 2.36 bits per heavy atom. The first-order valence-corrected chi connectivity index (χ1v) is 9.43. The average Bonchev–Trinajstić information content (AvgIpc) is 2.63. The summed E-state index contributed by atoms with van der Waals surface area (Å²) in [7, 11) is 0. The van der Waals surface area contributed by atoms with Crippen molar-refractivity contribution in [3.8, 4) is 16.9 Å². The van der Waals surface area contributed by atoms with Crippen molar-refractivity contribution in [3.05, 3.63) is 66.0 Å². The van der Waals surface area contributed by atoms with Crippen LogP contribution in [0.1, 0.15) is 45.9 Å². The van der Waals surface area contributed by atoms with Gasteiger partial charge in [0.15, 0.2) is 5.75 Å². The third-order valence-corrected chi connectivity index (χ3v) is 3.84. The van der Waals surface area contributed by atoms with Gasteiger partial charge in [0, 0.05) is 39.3 Å². The maximum absolute atomic E-state index is 13.0. The predicted octanol–water partition coefficient (Wildman–Crippen LogP) is 5.48. The molecule has 0 saturated heterocycles. The Balaban J connectivity index is 0. The largest absolute Gasteiger partial charge is 0.487 e. The first-order chi connectivity index (χ1) is 12.5. The van der Waals surface area contributed by atoms with E-state index in [1.807, 2.05) is 52.0 Å². The van der Waals surface area contributed by atoms with Crippen LogP contribution in [-0.2, 0) is 45.7 Å². The summed E-state index contributed by atoms with van der Waals surface area (Å²) in [6.07, 6.45) is 2.44. The van der Waals surface area contributed by atoms with E-state index in [9.17, 15) is 4.79 Å². The normalized spacial score (nSPS) is 9.54. The van der Waals surface area contributed by atoms with E-state index in [4.69, 9.17) is 4.74 Å². The molecule has 0 saturated carbocycles. The molecule has 5 heteroatoms. The molecule has 0 unspecified atom stereocenters. The molecule has 0 aliphatic carbocycles. The van der Waals surface area contributed by atoms with Crippen molar-refractivity contribution in [2.24, 2.45) is 5.92 Å². The van der Waals surface area contributed by atoms with Crippen molar-refractivity contribution in [2.45, 2.75) is 54.5 Å². The van der Waals surface area contributed by atoms with Crippen molar-refractivity contribution in [1.82, 2.24) is 9.78 Å². The number of nitrogens with zero attached hydrogens (tertiary/aromatic N) is 2. The zero-order valence-corrected chi connectivity index (χ0v) is 21.4. The van der Waals surface area contributed by atoms with Gasteiger partial charge in [0.1, 0.15) is 12.3 Å². The van der Waals surface area contributed by atoms with E-state index < -0.39 is 0 Å². The molecule has 1 heterocycles. The standard InChI is InChI=1S/C20H26N2O2.C2H6.CH3.Y/c1-6-12-24-19-17(13-14(3)4)21-22(7-2)20(23)18(19)16-11-9-8-10-15(16)5;1-2;;/h6,8-11,14H,1,7,12-13H2,2-5H3;1-2H3;1H3;/q;;-1;. The van der Waals surface area contributed by atoms with E-state index in [-0.39, 0.29) is 45.7 Å². The molecule has 0 atom stereocenters. The number of hydrogen-bond donors (Lipinski definition) is 0. The second-order valence-electron chi connectivity index (χ2n) is 6.28. The average molecular weight is 460 g/mol. The first kappa shape index (κ1) is 28.9. The summed E-state index contributed by atoms with van der Waals surface area (Å²) in [6, 6.07) is 7.88. The predicted molar refractivity (Wildman–Crippen MR) is 116 cm³/mol. The summed E-state index contributed by atoms with van der Waals surface area (Å²) in [5.41, 5.74) is 3.26. The second-order valence-corrected chi connectivity index (χ2v) is 6.28. The van der Waals surface area contributed by atoms with E-state index >= 15 is 0 Å². The van der Waals surface area contributed by atoms with Crippen molar-refractivity contribution in [2.75, 3.05) is 6.61 Å². The van der Waals surface area contributed by atoms with Crippen LogP contribution in [0.5, 0.6) is 5.75 Å². The molecule has 0 N–H and O–H groups in total. The van der Waals surface area contributed by atoms with Gasteiger partial charge in [-0.15, -0.1) is 0 Å². The van der Waals surface area contributed by atoms with Gasteiger partial charge in [0.25, 0.3) is 5.56 Å². The van der Waals surface area contributed by atoms with Gasteiger partial charge in [-0.25, -0.2) is 4.68 Å². The molecule has 153 valence electrons. The Kier molecular flexibility index (Phi) is 15.2. The molecule has 1 aromatic heterocycles. The van der Waals surface area contributed by atoms with Crippen molar-refractivity contribution in [3.63, 3.8) is 0 Å². The van der Waals surface area contributed by atoms with E-state index in [1.165, 1.54) is 4.68 Å². The Labute approximate surface area is 196 Å². The molecule has 1 radical (unpaired) electrons.